The van der Waals surface area contributed by atoms with Gasteiger partial charge in [0, 0.05) is 12.0 Å². The molecule has 0 spiro atoms. The van der Waals surface area contributed by atoms with Crippen LogP contribution in [0.3, 0.4) is 0 Å². The maximum atomic E-state index is 5.55. The number of nitrogens with zero attached hydrogens (tertiary/aromatic N) is 1. The van der Waals surface area contributed by atoms with Crippen LogP contribution in [0, 0.1) is 23.7 Å². The van der Waals surface area contributed by atoms with Gasteiger partial charge in [-0.15, -0.1) is 0 Å². The Morgan fingerprint density at radius 3 is 2.57 bits per heavy atom. The van der Waals surface area contributed by atoms with Crippen LogP contribution in [-0.4, -0.2) is 5.16 Å². The van der Waals surface area contributed by atoms with E-state index in [9.17, 15) is 0 Å². The molecule has 3 aliphatic rings. The Balaban J connectivity index is 1.66. The van der Waals surface area contributed by atoms with Gasteiger partial charge in [0.05, 0.1) is 5.69 Å². The zero-order chi connectivity index (χ0) is 9.28. The van der Waals surface area contributed by atoms with Crippen molar-refractivity contribution in [1.29, 1.82) is 0 Å². The molecule has 1 aromatic heterocycles. The van der Waals surface area contributed by atoms with Gasteiger partial charge in [-0.05, 0) is 42.9 Å². The summed E-state index contributed by atoms with van der Waals surface area (Å²) in [7, 11) is 0. The van der Waals surface area contributed by atoms with E-state index in [-0.39, 0.29) is 0 Å². The van der Waals surface area contributed by atoms with Gasteiger partial charge in [-0.25, -0.2) is 0 Å². The van der Waals surface area contributed by atoms with E-state index in [2.05, 4.69) is 5.16 Å². The van der Waals surface area contributed by atoms with Gasteiger partial charge >= 0.3 is 0 Å². The Hall–Kier alpha value is -0.990. The van der Waals surface area contributed by atoms with Crippen molar-refractivity contribution in [1.82, 2.24) is 5.16 Å². The molecule has 0 radical (unpaired) electrons. The highest BCUT2D eigenvalue weighted by molar-refractivity contribution is 5.33. The first-order valence-corrected chi connectivity index (χ1v) is 5.56. The van der Waals surface area contributed by atoms with Gasteiger partial charge in [0.25, 0.3) is 0 Å². The standard InChI is InChI=1S/C11H14N2O/c12-8-4-7(13-14-8)11-9-5-1-2-6(3-5)10(9)11/h4-6,9-11H,1-3,12H2. The summed E-state index contributed by atoms with van der Waals surface area (Å²) in [5.74, 6) is 5.01. The highest BCUT2D eigenvalue weighted by Crippen LogP contribution is 2.72. The second kappa shape index (κ2) is 2.15. The summed E-state index contributed by atoms with van der Waals surface area (Å²) in [4.78, 5) is 0. The predicted molar refractivity (Wildman–Crippen MR) is 51.5 cm³/mol. The van der Waals surface area contributed by atoms with E-state index in [1.807, 2.05) is 6.07 Å². The molecule has 3 aliphatic carbocycles. The van der Waals surface area contributed by atoms with Gasteiger partial charge < -0.3 is 10.3 Å². The zero-order valence-electron chi connectivity index (χ0n) is 8.02. The third kappa shape index (κ3) is 0.725. The zero-order valence-corrected chi connectivity index (χ0v) is 8.02. The van der Waals surface area contributed by atoms with Crippen molar-refractivity contribution in [2.24, 2.45) is 23.7 Å². The maximum absolute atomic E-state index is 5.55. The van der Waals surface area contributed by atoms with E-state index in [1.54, 1.807) is 0 Å². The van der Waals surface area contributed by atoms with Crippen molar-refractivity contribution < 1.29 is 4.52 Å². The molecule has 74 valence electrons. The van der Waals surface area contributed by atoms with Gasteiger partial charge in [-0.2, -0.15) is 0 Å². The molecular formula is C11H14N2O. The number of nitrogen functional groups attached to an aromatic ring is 1. The van der Waals surface area contributed by atoms with Crippen molar-refractivity contribution in [3.05, 3.63) is 11.8 Å². The largest absolute Gasteiger partial charge is 0.368 e. The molecule has 4 atom stereocenters. The minimum Gasteiger partial charge on any atom is -0.368 e. The topological polar surface area (TPSA) is 52.0 Å². The van der Waals surface area contributed by atoms with E-state index >= 15 is 0 Å². The molecule has 4 rings (SSSR count). The minimum atomic E-state index is 0.470. The fourth-order valence-electron chi connectivity index (χ4n) is 4.18. The molecule has 1 heterocycles. The molecule has 0 amide bonds. The second-order valence-electron chi connectivity index (χ2n) is 5.17. The molecule has 0 saturated heterocycles. The first-order valence-electron chi connectivity index (χ1n) is 5.56. The van der Waals surface area contributed by atoms with Crippen LogP contribution in [0.15, 0.2) is 10.6 Å². The van der Waals surface area contributed by atoms with Gasteiger partial charge in [-0.3, -0.25) is 0 Å². The summed E-state index contributed by atoms with van der Waals surface area (Å²) in [5.41, 5.74) is 6.67. The lowest BCUT2D eigenvalue weighted by atomic mass is 10.0. The van der Waals surface area contributed by atoms with Gasteiger partial charge in [0.1, 0.15) is 0 Å². The summed E-state index contributed by atoms with van der Waals surface area (Å²) < 4.78 is 4.95. The van der Waals surface area contributed by atoms with E-state index < -0.39 is 0 Å². The average molecular weight is 190 g/mol. The number of anilines is 1. The summed E-state index contributed by atoms with van der Waals surface area (Å²) in [6.07, 6.45) is 4.39. The lowest BCUT2D eigenvalue weighted by molar-refractivity contribution is 0.417. The molecule has 14 heavy (non-hydrogen) atoms. The quantitative estimate of drug-likeness (QED) is 0.737. The molecule has 0 aromatic carbocycles. The summed E-state index contributed by atoms with van der Waals surface area (Å²) >= 11 is 0. The highest BCUT2D eigenvalue weighted by atomic mass is 16.5. The third-order valence-electron chi connectivity index (χ3n) is 4.62. The molecule has 3 fully saturated rings. The number of hydrogen-bond acceptors (Lipinski definition) is 3. The summed E-state index contributed by atoms with van der Waals surface area (Å²) in [6, 6.07) is 1.92. The molecule has 0 aliphatic heterocycles. The van der Waals surface area contributed by atoms with Crippen molar-refractivity contribution in [2.75, 3.05) is 5.73 Å². The molecule has 2 bridgehead atoms. The van der Waals surface area contributed by atoms with Gasteiger partial charge in [0.2, 0.25) is 5.88 Å². The smallest absolute Gasteiger partial charge is 0.222 e. The first kappa shape index (κ1) is 7.32. The van der Waals surface area contributed by atoms with Crippen LogP contribution >= 0.6 is 0 Å². The van der Waals surface area contributed by atoms with Crippen LogP contribution in [0.25, 0.3) is 0 Å². The van der Waals surface area contributed by atoms with E-state index in [0.29, 0.717) is 11.8 Å². The number of aromatic nitrogens is 1. The maximum Gasteiger partial charge on any atom is 0.222 e. The lowest BCUT2D eigenvalue weighted by Crippen LogP contribution is -1.97. The summed E-state index contributed by atoms with van der Waals surface area (Å²) in [6.45, 7) is 0. The van der Waals surface area contributed by atoms with Crippen LogP contribution in [0.4, 0.5) is 5.88 Å². The SMILES string of the molecule is Nc1cc(C2C3C4CCC(C4)C23)no1. The number of hydrogen-bond donors (Lipinski definition) is 1. The van der Waals surface area contributed by atoms with Crippen molar-refractivity contribution >= 4 is 5.88 Å². The summed E-state index contributed by atoms with van der Waals surface area (Å²) in [5, 5.41) is 4.06. The minimum absolute atomic E-state index is 0.470. The van der Waals surface area contributed by atoms with Crippen molar-refractivity contribution in [3.63, 3.8) is 0 Å². The molecular weight excluding hydrogens is 176 g/mol. The lowest BCUT2D eigenvalue weighted by Gasteiger charge is -2.04. The molecule has 2 N–H and O–H groups in total. The monoisotopic (exact) mass is 190 g/mol. The number of nitrogens with two attached hydrogens (primary N) is 1. The Morgan fingerprint density at radius 2 is 2.00 bits per heavy atom. The predicted octanol–water partition coefficient (Wildman–Crippen LogP) is 2.02. The second-order valence-corrected chi connectivity index (χ2v) is 5.17. The Kier molecular flexibility index (Phi) is 1.13. The van der Waals surface area contributed by atoms with E-state index in [4.69, 9.17) is 10.3 Å². The molecule has 3 heteroatoms. The van der Waals surface area contributed by atoms with Gasteiger partial charge in [-0.1, -0.05) is 5.16 Å². The van der Waals surface area contributed by atoms with Crippen LogP contribution < -0.4 is 5.73 Å². The van der Waals surface area contributed by atoms with Crippen LogP contribution in [0.5, 0.6) is 0 Å². The highest BCUT2D eigenvalue weighted by Gasteiger charge is 2.66. The van der Waals surface area contributed by atoms with Crippen molar-refractivity contribution in [3.8, 4) is 0 Å². The molecule has 3 saturated carbocycles. The van der Waals surface area contributed by atoms with Crippen LogP contribution in [0.2, 0.25) is 0 Å². The number of fused-ring (bicyclic) bond motifs is 5. The van der Waals surface area contributed by atoms with Gasteiger partial charge in [0.15, 0.2) is 0 Å². The third-order valence-corrected chi connectivity index (χ3v) is 4.62. The normalized spacial score (nSPS) is 48.1. The first-order chi connectivity index (χ1) is 6.84. The molecule has 1 aromatic rings. The Labute approximate surface area is 82.6 Å². The average Bonchev–Trinajstić information content (AvgIpc) is 2.58. The fraction of sp³-hybridized carbons (Fsp3) is 0.727. The fourth-order valence-corrected chi connectivity index (χ4v) is 4.18. The van der Waals surface area contributed by atoms with Crippen LogP contribution in [0.1, 0.15) is 30.9 Å². The number of rotatable bonds is 1. The molecule has 3 nitrogen and oxygen atoms in total. The van der Waals surface area contributed by atoms with Crippen molar-refractivity contribution in [2.45, 2.75) is 25.2 Å². The van der Waals surface area contributed by atoms with E-state index in [0.717, 1.165) is 29.4 Å². The van der Waals surface area contributed by atoms with Crippen LogP contribution in [-0.2, 0) is 0 Å². The Bertz CT molecular complexity index is 370. The Morgan fingerprint density at radius 1 is 1.29 bits per heavy atom. The molecule has 4 unspecified atom stereocenters. The van der Waals surface area contributed by atoms with E-state index in [1.165, 1.54) is 19.3 Å².